The molecule has 2 saturated heterocycles. The first-order valence-corrected chi connectivity index (χ1v) is 13.0. The Labute approximate surface area is 206 Å². The predicted octanol–water partition coefficient (Wildman–Crippen LogP) is 4.74. The first-order chi connectivity index (χ1) is 16.8. The van der Waals surface area contributed by atoms with Crippen LogP contribution in [0.3, 0.4) is 0 Å². The van der Waals surface area contributed by atoms with E-state index in [2.05, 4.69) is 10.6 Å². The molecule has 0 spiro atoms. The van der Waals surface area contributed by atoms with Crippen molar-refractivity contribution >= 4 is 34.7 Å². The van der Waals surface area contributed by atoms with Crippen LogP contribution >= 0.6 is 11.8 Å². The fourth-order valence-electron chi connectivity index (χ4n) is 4.96. The van der Waals surface area contributed by atoms with Crippen molar-refractivity contribution < 1.29 is 13.6 Å². The fraction of sp³-hybridized carbons (Fsp3) is 0.423. The number of hydrogen-bond donors (Lipinski definition) is 2. The number of nitrogens with one attached hydrogen (secondary N) is 2. The van der Waals surface area contributed by atoms with Gasteiger partial charge in [-0.3, -0.25) is 14.4 Å². The first-order valence-electron chi connectivity index (χ1n) is 12.0. The van der Waals surface area contributed by atoms with Crippen LogP contribution in [-0.4, -0.2) is 34.4 Å². The Balaban J connectivity index is 1.42. The fourth-order valence-corrected chi connectivity index (χ4v) is 6.32. The molecule has 0 aliphatic carbocycles. The highest BCUT2D eigenvalue weighted by atomic mass is 32.2. The summed E-state index contributed by atoms with van der Waals surface area (Å²) in [5.74, 6) is 1.36. The lowest BCUT2D eigenvalue weighted by Gasteiger charge is -2.25. The van der Waals surface area contributed by atoms with Crippen molar-refractivity contribution in [2.24, 2.45) is 0 Å². The average Bonchev–Trinajstić information content (AvgIpc) is 3.62. The number of likely N-dealkylation sites (tertiary alicyclic amines) is 1. The number of furan rings is 1. The van der Waals surface area contributed by atoms with Gasteiger partial charge in [-0.15, -0.1) is 0 Å². The van der Waals surface area contributed by atoms with Crippen molar-refractivity contribution in [3.8, 4) is 0 Å². The zero-order valence-electron chi connectivity index (χ0n) is 19.7. The van der Waals surface area contributed by atoms with Gasteiger partial charge in [0.2, 0.25) is 0 Å². The second kappa shape index (κ2) is 9.53. The molecule has 1 aromatic heterocycles. The monoisotopic (exact) mass is 497 g/mol. The Kier molecular flexibility index (Phi) is 6.44. The molecule has 5 rings (SSSR count). The maximum Gasteiger partial charge on any atom is 0.257 e. The van der Waals surface area contributed by atoms with Gasteiger partial charge >= 0.3 is 0 Å². The van der Waals surface area contributed by atoms with Gasteiger partial charge in [0.25, 0.3) is 16.8 Å². The van der Waals surface area contributed by atoms with Gasteiger partial charge in [-0.1, -0.05) is 6.07 Å². The van der Waals surface area contributed by atoms with Crippen molar-refractivity contribution in [3.63, 3.8) is 0 Å². The van der Waals surface area contributed by atoms with Crippen LogP contribution in [0.5, 0.6) is 0 Å². The number of aryl methyl sites for hydroxylation is 1. The molecule has 0 radical (unpaired) electrons. The molecule has 3 atom stereocenters. The van der Waals surface area contributed by atoms with Crippen LogP contribution in [0.4, 0.5) is 21.5 Å². The molecule has 2 unspecified atom stereocenters. The van der Waals surface area contributed by atoms with Gasteiger partial charge < -0.3 is 20.0 Å². The van der Waals surface area contributed by atoms with Crippen LogP contribution < -0.4 is 21.5 Å². The summed E-state index contributed by atoms with van der Waals surface area (Å²) in [6.07, 6.45) is 3.79. The van der Waals surface area contributed by atoms with E-state index in [0.717, 1.165) is 37.2 Å². The molecular weight excluding hydrogens is 469 g/mol. The average molecular weight is 498 g/mol. The number of amides is 1. The van der Waals surface area contributed by atoms with Gasteiger partial charge in [-0.2, -0.15) is 11.8 Å². The summed E-state index contributed by atoms with van der Waals surface area (Å²) in [5.41, 5.74) is -1.32. The third-order valence-corrected chi connectivity index (χ3v) is 8.38. The number of anilines is 3. The second-order valence-electron chi connectivity index (χ2n) is 9.31. The second-order valence-corrected chi connectivity index (χ2v) is 10.7. The Morgan fingerprint density at radius 1 is 1.14 bits per heavy atom. The zero-order chi connectivity index (χ0) is 24.7. The van der Waals surface area contributed by atoms with Crippen LogP contribution in [0.15, 0.2) is 44.3 Å². The number of rotatable bonds is 7. The lowest BCUT2D eigenvalue weighted by atomic mass is 10.0. The molecule has 3 aromatic rings. The molecule has 35 heavy (non-hydrogen) atoms. The number of thioether (sulfide) groups is 1. The van der Waals surface area contributed by atoms with Crippen molar-refractivity contribution in [1.82, 2.24) is 4.90 Å². The number of nitrogens with zero attached hydrogens (tertiary/aromatic N) is 1. The van der Waals surface area contributed by atoms with E-state index in [0.29, 0.717) is 12.3 Å². The van der Waals surface area contributed by atoms with Gasteiger partial charge in [0.15, 0.2) is 5.82 Å². The van der Waals surface area contributed by atoms with E-state index < -0.39 is 16.7 Å². The van der Waals surface area contributed by atoms with E-state index >= 15 is 4.39 Å². The minimum absolute atomic E-state index is 0.00399. The Hall–Kier alpha value is -3.07. The smallest absolute Gasteiger partial charge is 0.257 e. The highest BCUT2D eigenvalue weighted by molar-refractivity contribution is 8.00. The Morgan fingerprint density at radius 2 is 1.94 bits per heavy atom. The third-order valence-electron chi connectivity index (χ3n) is 6.92. The lowest BCUT2D eigenvalue weighted by Crippen LogP contribution is -2.39. The first kappa shape index (κ1) is 23.7. The summed E-state index contributed by atoms with van der Waals surface area (Å²) < 4.78 is 21.2. The summed E-state index contributed by atoms with van der Waals surface area (Å²) in [6, 6.07) is 7.97. The molecule has 2 aromatic carbocycles. The quantitative estimate of drug-likeness (QED) is 0.456. The van der Waals surface area contributed by atoms with E-state index in [4.69, 9.17) is 4.42 Å². The molecule has 184 valence electrons. The SMILES string of the molecule is Cc1ccc(C(Nc2c(Nc3cccc(C(=O)N4CCC[C@H]4C)c3F)c(=O)c2=O)C2CCCS2)o1. The molecule has 2 aliphatic rings. The van der Waals surface area contributed by atoms with Crippen LogP contribution in [0.1, 0.15) is 60.5 Å². The van der Waals surface area contributed by atoms with Crippen LogP contribution in [-0.2, 0) is 0 Å². The Bertz CT molecular complexity index is 1320. The number of halogens is 1. The highest BCUT2D eigenvalue weighted by Gasteiger charge is 2.33. The highest BCUT2D eigenvalue weighted by Crippen LogP contribution is 2.39. The number of carbonyl (C=O) groups excluding carboxylic acids is 1. The minimum Gasteiger partial charge on any atom is -0.464 e. The van der Waals surface area contributed by atoms with E-state index in [-0.39, 0.29) is 45.9 Å². The van der Waals surface area contributed by atoms with Gasteiger partial charge in [-0.05, 0) is 69.5 Å². The maximum absolute atomic E-state index is 15.4. The number of benzene rings is 1. The van der Waals surface area contributed by atoms with E-state index in [1.165, 1.54) is 12.1 Å². The van der Waals surface area contributed by atoms with Crippen LogP contribution in [0.25, 0.3) is 0 Å². The molecule has 1 amide bonds. The topological polar surface area (TPSA) is 91.6 Å². The molecule has 7 nitrogen and oxygen atoms in total. The molecule has 2 fully saturated rings. The van der Waals surface area contributed by atoms with Crippen LogP contribution in [0, 0.1) is 12.7 Å². The number of hydrogen-bond acceptors (Lipinski definition) is 7. The Morgan fingerprint density at radius 3 is 2.60 bits per heavy atom. The minimum atomic E-state index is -0.736. The largest absolute Gasteiger partial charge is 0.464 e. The molecule has 9 heteroatoms. The molecule has 0 bridgehead atoms. The summed E-state index contributed by atoms with van der Waals surface area (Å²) in [6.45, 7) is 4.40. The predicted molar refractivity (Wildman–Crippen MR) is 136 cm³/mol. The summed E-state index contributed by atoms with van der Waals surface area (Å²) in [4.78, 5) is 39.6. The van der Waals surface area contributed by atoms with Gasteiger partial charge in [-0.25, -0.2) is 4.39 Å². The number of carbonyl (C=O) groups is 1. The molecular formula is C26H28FN3O4S. The van der Waals surface area contributed by atoms with Crippen molar-refractivity contribution in [3.05, 3.63) is 73.7 Å². The van der Waals surface area contributed by atoms with Gasteiger partial charge in [0.1, 0.15) is 22.9 Å². The van der Waals surface area contributed by atoms with Crippen molar-refractivity contribution in [1.29, 1.82) is 0 Å². The van der Waals surface area contributed by atoms with Gasteiger partial charge in [0, 0.05) is 17.8 Å². The normalized spacial score (nSPS) is 20.9. The molecule has 0 saturated carbocycles. The van der Waals surface area contributed by atoms with E-state index in [1.807, 2.05) is 26.0 Å². The standard InChI is InChI=1S/C26H28FN3O4S/c1-14-6-4-12-30(14)26(33)16-7-3-8-17(20(16)27)28-22-23(25(32)24(22)31)29-21(19-9-5-13-35-19)18-11-10-15(2)34-18/h3,7-8,10-11,14,19,21,28-29H,4-6,9,12-13H2,1-2H3/t14-,19?,21?/m1/s1. The third kappa shape index (κ3) is 4.37. The van der Waals surface area contributed by atoms with E-state index in [9.17, 15) is 14.4 Å². The molecule has 3 heterocycles. The summed E-state index contributed by atoms with van der Waals surface area (Å²) >= 11 is 1.79. The van der Waals surface area contributed by atoms with Crippen LogP contribution in [0.2, 0.25) is 0 Å². The van der Waals surface area contributed by atoms with E-state index in [1.54, 1.807) is 22.7 Å². The van der Waals surface area contributed by atoms with Gasteiger partial charge in [0.05, 0.1) is 17.3 Å². The van der Waals surface area contributed by atoms with Crippen molar-refractivity contribution in [2.75, 3.05) is 22.9 Å². The zero-order valence-corrected chi connectivity index (χ0v) is 20.5. The summed E-state index contributed by atoms with van der Waals surface area (Å²) in [5, 5.41) is 6.19. The maximum atomic E-state index is 15.4. The van der Waals surface area contributed by atoms with Crippen molar-refractivity contribution in [2.45, 2.75) is 56.9 Å². The molecule has 2 aliphatic heterocycles. The molecule has 2 N–H and O–H groups in total. The summed E-state index contributed by atoms with van der Waals surface area (Å²) in [7, 11) is 0. The lowest BCUT2D eigenvalue weighted by molar-refractivity contribution is 0.0743.